The van der Waals surface area contributed by atoms with E-state index in [0.717, 1.165) is 50.1 Å². The third-order valence-corrected chi connectivity index (χ3v) is 7.75. The summed E-state index contributed by atoms with van der Waals surface area (Å²) in [6, 6.07) is 14.5. The Kier molecular flexibility index (Phi) is 8.65. The Bertz CT molecular complexity index is 1870. The largest absolute Gasteiger partial charge is 0.484 e. The Morgan fingerprint density at radius 2 is 1.96 bits per heavy atom. The molecule has 13 heteroatoms. The number of fused-ring (bicyclic) bond motifs is 1. The van der Waals surface area contributed by atoms with Crippen LogP contribution in [0, 0.1) is 17.1 Å². The SMILES string of the molecule is CCn1cncc1Cn1c(CN2CCC(Oc3cccc(COc4ccc(C#N)cc4F)n3)CC2)nc2ccc(C(=O)O)nc21. The Hall–Kier alpha value is -5.35. The first-order chi connectivity index (χ1) is 21.9. The molecule has 1 N–H and O–H groups in total. The van der Waals surface area contributed by atoms with Gasteiger partial charge in [0.15, 0.2) is 22.9 Å². The molecular formula is C32H31FN8O4. The van der Waals surface area contributed by atoms with Crippen LogP contribution in [0.1, 0.15) is 53.0 Å². The van der Waals surface area contributed by atoms with Crippen molar-refractivity contribution in [3.05, 3.63) is 95.3 Å². The molecule has 0 unspecified atom stereocenters. The molecule has 0 spiro atoms. The lowest BCUT2D eigenvalue weighted by Crippen LogP contribution is -2.38. The highest BCUT2D eigenvalue weighted by Gasteiger charge is 2.24. The van der Waals surface area contributed by atoms with E-state index in [1.54, 1.807) is 24.5 Å². The lowest BCUT2D eigenvalue weighted by atomic mass is 10.1. The van der Waals surface area contributed by atoms with Crippen LogP contribution in [-0.4, -0.2) is 64.2 Å². The first-order valence-corrected chi connectivity index (χ1v) is 14.7. The number of halogens is 1. The predicted octanol–water partition coefficient (Wildman–Crippen LogP) is 4.42. The summed E-state index contributed by atoms with van der Waals surface area (Å²) in [5, 5.41) is 18.4. The zero-order valence-corrected chi connectivity index (χ0v) is 24.6. The Balaban J connectivity index is 1.09. The minimum absolute atomic E-state index is 0.0252. The number of aromatic nitrogens is 6. The standard InChI is InChI=1S/C32H31FN8O4/c1-2-40-20-35-16-23(40)17-41-29(37-26-7-8-27(32(42)43)38-31(26)41)18-39-12-10-24(11-13-39)45-30-5-3-4-22(36-30)19-44-28-9-6-21(15-34)14-25(28)33/h3-9,14,16,20,24H,2,10-13,17-19H2,1H3,(H,42,43). The number of benzene rings is 1. The summed E-state index contributed by atoms with van der Waals surface area (Å²) in [5.41, 5.74) is 2.95. The Morgan fingerprint density at radius 3 is 2.71 bits per heavy atom. The molecule has 0 amide bonds. The number of aryl methyl sites for hydroxylation is 1. The van der Waals surface area contributed by atoms with Crippen LogP contribution in [0.5, 0.6) is 11.6 Å². The van der Waals surface area contributed by atoms with E-state index in [4.69, 9.17) is 19.7 Å². The summed E-state index contributed by atoms with van der Waals surface area (Å²) in [7, 11) is 0. The molecule has 1 aliphatic heterocycles. The van der Waals surface area contributed by atoms with Crippen molar-refractivity contribution < 1.29 is 23.8 Å². The molecule has 0 saturated carbocycles. The fraction of sp³-hybridized carbons (Fsp3) is 0.312. The number of hydrogen-bond donors (Lipinski definition) is 1. The number of pyridine rings is 2. The number of likely N-dealkylation sites (tertiary alicyclic amines) is 1. The fourth-order valence-electron chi connectivity index (χ4n) is 5.38. The molecule has 4 aromatic heterocycles. The van der Waals surface area contributed by atoms with Gasteiger partial charge in [0.1, 0.15) is 24.1 Å². The van der Waals surface area contributed by atoms with E-state index in [2.05, 4.69) is 19.9 Å². The van der Waals surface area contributed by atoms with E-state index < -0.39 is 11.8 Å². The Morgan fingerprint density at radius 1 is 1.11 bits per heavy atom. The highest BCUT2D eigenvalue weighted by atomic mass is 19.1. The number of carboxylic acids is 1. The van der Waals surface area contributed by atoms with Gasteiger partial charge in [-0.3, -0.25) is 4.90 Å². The summed E-state index contributed by atoms with van der Waals surface area (Å²) in [5.74, 6) is -0.352. The molecule has 6 rings (SSSR count). The van der Waals surface area contributed by atoms with Crippen molar-refractivity contribution in [2.45, 2.75) is 52.1 Å². The van der Waals surface area contributed by atoms with Crippen molar-refractivity contribution >= 4 is 17.1 Å². The van der Waals surface area contributed by atoms with Gasteiger partial charge in [0.25, 0.3) is 0 Å². The van der Waals surface area contributed by atoms with Gasteiger partial charge in [0, 0.05) is 31.9 Å². The number of aromatic carboxylic acids is 1. The molecule has 1 saturated heterocycles. The fourth-order valence-corrected chi connectivity index (χ4v) is 5.38. The minimum atomic E-state index is -1.08. The van der Waals surface area contributed by atoms with E-state index in [1.807, 2.05) is 34.4 Å². The molecule has 5 heterocycles. The first-order valence-electron chi connectivity index (χ1n) is 14.7. The first kappa shape index (κ1) is 29.7. The summed E-state index contributed by atoms with van der Waals surface area (Å²) in [4.78, 5) is 32.0. The molecule has 5 aromatic rings. The van der Waals surface area contributed by atoms with Gasteiger partial charge in [-0.25, -0.2) is 29.1 Å². The number of piperidine rings is 1. The number of carbonyl (C=O) groups is 1. The second kappa shape index (κ2) is 13.1. The zero-order chi connectivity index (χ0) is 31.3. The van der Waals surface area contributed by atoms with Gasteiger partial charge in [0.05, 0.1) is 42.4 Å². The van der Waals surface area contributed by atoms with E-state index in [0.29, 0.717) is 35.8 Å². The predicted molar refractivity (Wildman–Crippen MR) is 160 cm³/mol. The lowest BCUT2D eigenvalue weighted by molar-refractivity contribution is 0.0691. The molecule has 230 valence electrons. The number of rotatable bonds is 11. The molecule has 0 radical (unpaired) electrons. The van der Waals surface area contributed by atoms with Crippen molar-refractivity contribution in [2.75, 3.05) is 13.1 Å². The number of nitrogens with zero attached hydrogens (tertiary/aromatic N) is 8. The van der Waals surface area contributed by atoms with Crippen LogP contribution in [0.2, 0.25) is 0 Å². The third-order valence-electron chi connectivity index (χ3n) is 7.75. The van der Waals surface area contributed by atoms with Crippen LogP contribution in [0.25, 0.3) is 11.2 Å². The molecule has 12 nitrogen and oxygen atoms in total. The summed E-state index contributed by atoms with van der Waals surface area (Å²) in [6.07, 6.45) is 5.12. The summed E-state index contributed by atoms with van der Waals surface area (Å²) >= 11 is 0. The highest BCUT2D eigenvalue weighted by Crippen LogP contribution is 2.23. The van der Waals surface area contributed by atoms with Crippen LogP contribution in [0.15, 0.2) is 61.1 Å². The number of hydrogen-bond acceptors (Lipinski definition) is 9. The number of ether oxygens (including phenoxy) is 2. The van der Waals surface area contributed by atoms with Gasteiger partial charge in [-0.2, -0.15) is 5.26 Å². The maximum atomic E-state index is 14.2. The third kappa shape index (κ3) is 6.76. The molecular weight excluding hydrogens is 579 g/mol. The molecule has 0 bridgehead atoms. The van der Waals surface area contributed by atoms with Gasteiger partial charge in [-0.1, -0.05) is 6.07 Å². The molecule has 1 fully saturated rings. The van der Waals surface area contributed by atoms with Crippen molar-refractivity contribution in [1.29, 1.82) is 5.26 Å². The second-order valence-electron chi connectivity index (χ2n) is 10.7. The van der Waals surface area contributed by atoms with E-state index >= 15 is 0 Å². The summed E-state index contributed by atoms with van der Waals surface area (Å²) < 4.78 is 30.0. The zero-order valence-electron chi connectivity index (χ0n) is 24.6. The second-order valence-corrected chi connectivity index (χ2v) is 10.7. The molecule has 1 aliphatic rings. The lowest BCUT2D eigenvalue weighted by Gasteiger charge is -2.31. The van der Waals surface area contributed by atoms with Gasteiger partial charge < -0.3 is 23.7 Å². The molecule has 0 atom stereocenters. The van der Waals surface area contributed by atoms with Crippen LogP contribution in [-0.2, 0) is 26.2 Å². The van der Waals surface area contributed by atoms with Crippen molar-refractivity contribution in [1.82, 2.24) is 34.0 Å². The van der Waals surface area contributed by atoms with Crippen molar-refractivity contribution in [2.24, 2.45) is 0 Å². The van der Waals surface area contributed by atoms with Crippen LogP contribution in [0.3, 0.4) is 0 Å². The van der Waals surface area contributed by atoms with Crippen molar-refractivity contribution in [3.8, 4) is 17.7 Å². The van der Waals surface area contributed by atoms with Gasteiger partial charge in [-0.15, -0.1) is 0 Å². The maximum absolute atomic E-state index is 14.2. The molecule has 1 aromatic carbocycles. The minimum Gasteiger partial charge on any atom is -0.484 e. The normalized spacial score (nSPS) is 14.0. The number of imidazole rings is 2. The molecule has 45 heavy (non-hydrogen) atoms. The average molecular weight is 611 g/mol. The van der Waals surface area contributed by atoms with E-state index in [9.17, 15) is 14.3 Å². The number of nitriles is 1. The van der Waals surface area contributed by atoms with Gasteiger partial charge in [0.2, 0.25) is 5.88 Å². The van der Waals surface area contributed by atoms with Crippen LogP contribution < -0.4 is 9.47 Å². The van der Waals surface area contributed by atoms with Gasteiger partial charge in [-0.05, 0) is 56.2 Å². The van der Waals surface area contributed by atoms with E-state index in [1.165, 1.54) is 18.2 Å². The van der Waals surface area contributed by atoms with Crippen molar-refractivity contribution in [3.63, 3.8) is 0 Å². The Labute approximate surface area is 258 Å². The quantitative estimate of drug-likeness (QED) is 0.228. The molecule has 0 aliphatic carbocycles. The highest BCUT2D eigenvalue weighted by molar-refractivity contribution is 5.88. The maximum Gasteiger partial charge on any atom is 0.354 e. The topological polar surface area (TPSA) is 144 Å². The van der Waals surface area contributed by atoms with Gasteiger partial charge >= 0.3 is 5.97 Å². The smallest absolute Gasteiger partial charge is 0.354 e. The number of carboxylic acid groups (broad SMARTS) is 1. The summed E-state index contributed by atoms with van der Waals surface area (Å²) in [6.45, 7) is 5.45. The van der Waals surface area contributed by atoms with E-state index in [-0.39, 0.29) is 29.7 Å². The van der Waals surface area contributed by atoms with Crippen LogP contribution in [0.4, 0.5) is 4.39 Å². The van der Waals surface area contributed by atoms with Crippen LogP contribution >= 0.6 is 0 Å². The average Bonchev–Trinajstić information content (AvgIpc) is 3.65. The monoisotopic (exact) mass is 610 g/mol.